The molecule has 31 heavy (non-hydrogen) atoms. The van der Waals surface area contributed by atoms with Crippen LogP contribution in [0.15, 0.2) is 44.2 Å². The smallest absolute Gasteiger partial charge is 0.272 e. The van der Waals surface area contributed by atoms with Crippen LogP contribution in [0.3, 0.4) is 0 Å². The fraction of sp³-hybridized carbons (Fsp3) is 0.333. The van der Waals surface area contributed by atoms with Gasteiger partial charge in [0.1, 0.15) is 28.8 Å². The first-order valence-electron chi connectivity index (χ1n) is 9.37. The van der Waals surface area contributed by atoms with Crippen molar-refractivity contribution in [3.05, 3.63) is 45.0 Å². The highest BCUT2D eigenvalue weighted by Gasteiger charge is 2.30. The van der Waals surface area contributed by atoms with E-state index in [9.17, 15) is 8.42 Å². The molecule has 2 aromatic carbocycles. The minimum Gasteiger partial charge on any atom is -0.497 e. The molecule has 3 aromatic rings. The van der Waals surface area contributed by atoms with E-state index in [1.54, 1.807) is 19.1 Å². The molecule has 1 heterocycles. The molecule has 0 unspecified atom stereocenters. The van der Waals surface area contributed by atoms with Crippen molar-refractivity contribution >= 4 is 52.8 Å². The second kappa shape index (κ2) is 9.40. The van der Waals surface area contributed by atoms with Gasteiger partial charge < -0.3 is 19.1 Å². The Morgan fingerprint density at radius 3 is 2.39 bits per heavy atom. The van der Waals surface area contributed by atoms with Crippen molar-refractivity contribution in [3.8, 4) is 17.2 Å². The van der Waals surface area contributed by atoms with Gasteiger partial charge >= 0.3 is 0 Å². The molecular weight excluding hydrogens is 552 g/mol. The van der Waals surface area contributed by atoms with Crippen molar-refractivity contribution in [2.75, 3.05) is 41.5 Å². The predicted octanol–water partition coefficient (Wildman–Crippen LogP) is 4.67. The average molecular weight is 576 g/mol. The van der Waals surface area contributed by atoms with E-state index < -0.39 is 10.0 Å². The summed E-state index contributed by atoms with van der Waals surface area (Å²) in [5.74, 6) is 1.22. The Morgan fingerprint density at radius 2 is 1.77 bits per heavy atom. The largest absolute Gasteiger partial charge is 0.497 e. The molecule has 0 spiro atoms. The van der Waals surface area contributed by atoms with Crippen LogP contribution >= 0.6 is 31.9 Å². The van der Waals surface area contributed by atoms with Crippen molar-refractivity contribution < 1.29 is 22.6 Å². The van der Waals surface area contributed by atoms with Gasteiger partial charge in [-0.25, -0.2) is 12.4 Å². The number of nitrogens with zero attached hydrogens (tertiary/aromatic N) is 2. The molecule has 0 amide bonds. The normalized spacial score (nSPS) is 11.9. The number of fused-ring (bicyclic) bond motifs is 1. The highest BCUT2D eigenvalue weighted by Crippen LogP contribution is 2.42. The fourth-order valence-corrected chi connectivity index (χ4v) is 6.53. The SMILES string of the molecule is COc1ccc(S(=O)(=O)n2c(C)c(OCCN(C)C)c3cc(Br)cc(Br)c32)c(OC)c1. The monoisotopic (exact) mass is 574 g/mol. The Labute approximate surface area is 199 Å². The molecule has 0 aliphatic carbocycles. The summed E-state index contributed by atoms with van der Waals surface area (Å²) >= 11 is 7.02. The Morgan fingerprint density at radius 1 is 1.06 bits per heavy atom. The van der Waals surface area contributed by atoms with Crippen LogP contribution in [0.5, 0.6) is 17.2 Å². The van der Waals surface area contributed by atoms with Crippen molar-refractivity contribution in [2.45, 2.75) is 11.8 Å². The number of rotatable bonds is 8. The molecule has 0 aliphatic heterocycles. The molecule has 0 atom stereocenters. The summed E-state index contributed by atoms with van der Waals surface area (Å²) in [6.45, 7) is 2.85. The first-order valence-corrected chi connectivity index (χ1v) is 12.4. The topological polar surface area (TPSA) is 70.0 Å². The molecule has 0 N–H and O–H groups in total. The van der Waals surface area contributed by atoms with Gasteiger partial charge in [0.15, 0.2) is 0 Å². The lowest BCUT2D eigenvalue weighted by atomic mass is 10.2. The standard InChI is InChI=1S/C21H24Br2N2O5S/c1-13-21(30-9-8-24(2)3)16-10-14(22)11-17(23)20(16)25(13)31(26,27)19-7-6-15(28-4)12-18(19)29-5/h6-7,10-12H,8-9H2,1-5H3. The molecule has 3 rings (SSSR count). The van der Waals surface area contributed by atoms with Gasteiger partial charge in [0, 0.05) is 26.9 Å². The second-order valence-corrected chi connectivity index (χ2v) is 10.7. The molecule has 168 valence electrons. The summed E-state index contributed by atoms with van der Waals surface area (Å²) in [6, 6.07) is 8.29. The van der Waals surface area contributed by atoms with E-state index in [1.165, 1.54) is 24.3 Å². The van der Waals surface area contributed by atoms with E-state index >= 15 is 0 Å². The summed E-state index contributed by atoms with van der Waals surface area (Å²) in [4.78, 5) is 2.03. The van der Waals surface area contributed by atoms with Crippen molar-refractivity contribution in [2.24, 2.45) is 0 Å². The molecule has 1 aromatic heterocycles. The maximum absolute atomic E-state index is 13.8. The van der Waals surface area contributed by atoms with Crippen LogP contribution in [0.4, 0.5) is 0 Å². The zero-order valence-corrected chi connectivity index (χ0v) is 21.9. The van der Waals surface area contributed by atoms with Gasteiger partial charge in [0.2, 0.25) is 0 Å². The van der Waals surface area contributed by atoms with E-state index in [0.29, 0.717) is 45.7 Å². The van der Waals surface area contributed by atoms with Crippen LogP contribution in [0.25, 0.3) is 10.9 Å². The lowest BCUT2D eigenvalue weighted by Crippen LogP contribution is -2.20. The number of benzene rings is 2. The number of hydrogen-bond donors (Lipinski definition) is 0. The van der Waals surface area contributed by atoms with Crippen molar-refractivity contribution in [1.82, 2.24) is 8.87 Å². The average Bonchev–Trinajstić information content (AvgIpc) is 2.99. The predicted molar refractivity (Wildman–Crippen MR) is 128 cm³/mol. The van der Waals surface area contributed by atoms with Crippen LogP contribution in [0, 0.1) is 6.92 Å². The first-order chi connectivity index (χ1) is 14.6. The van der Waals surface area contributed by atoms with Gasteiger partial charge in [-0.3, -0.25) is 0 Å². The van der Waals surface area contributed by atoms with Crippen LogP contribution in [0.1, 0.15) is 5.69 Å². The Bertz CT molecular complexity index is 1220. The Balaban J connectivity index is 2.28. The molecule has 0 radical (unpaired) electrons. The Hall–Kier alpha value is -1.75. The molecule has 0 aliphatic rings. The zero-order chi connectivity index (χ0) is 22.9. The number of hydrogen-bond acceptors (Lipinski definition) is 6. The van der Waals surface area contributed by atoms with Gasteiger partial charge in [0.05, 0.1) is 25.4 Å². The molecule has 0 saturated heterocycles. The number of ether oxygens (including phenoxy) is 3. The summed E-state index contributed by atoms with van der Waals surface area (Å²) in [5, 5.41) is 0.688. The minimum atomic E-state index is -4.02. The molecule has 0 saturated carbocycles. The fourth-order valence-electron chi connectivity index (χ4n) is 3.30. The maximum Gasteiger partial charge on any atom is 0.272 e. The highest BCUT2D eigenvalue weighted by atomic mass is 79.9. The van der Waals surface area contributed by atoms with E-state index in [-0.39, 0.29) is 10.6 Å². The lowest BCUT2D eigenvalue weighted by molar-refractivity contribution is 0.262. The number of aromatic nitrogens is 1. The van der Waals surface area contributed by atoms with Crippen LogP contribution in [-0.4, -0.2) is 58.8 Å². The molecule has 7 nitrogen and oxygen atoms in total. The van der Waals surface area contributed by atoms with Gasteiger partial charge in [0.25, 0.3) is 10.0 Å². The number of halogens is 2. The van der Waals surface area contributed by atoms with E-state index in [2.05, 4.69) is 31.9 Å². The molecule has 10 heteroatoms. The third kappa shape index (κ3) is 4.57. The van der Waals surface area contributed by atoms with E-state index in [1.807, 2.05) is 31.1 Å². The summed E-state index contributed by atoms with van der Waals surface area (Å²) < 4.78 is 47.0. The van der Waals surface area contributed by atoms with Gasteiger partial charge in [-0.2, -0.15) is 0 Å². The van der Waals surface area contributed by atoms with Gasteiger partial charge in [-0.1, -0.05) is 15.9 Å². The third-order valence-electron chi connectivity index (χ3n) is 4.78. The molecular formula is C21H24Br2N2O5S. The number of likely N-dealkylation sites (N-methyl/N-ethyl adjacent to an activating group) is 1. The Kier molecular flexibility index (Phi) is 7.25. The third-order valence-corrected chi connectivity index (χ3v) is 7.68. The highest BCUT2D eigenvalue weighted by molar-refractivity contribution is 9.11. The number of methoxy groups -OCH3 is 2. The van der Waals surface area contributed by atoms with E-state index in [4.69, 9.17) is 14.2 Å². The van der Waals surface area contributed by atoms with Crippen LogP contribution in [-0.2, 0) is 10.0 Å². The summed E-state index contributed by atoms with van der Waals surface area (Å²) in [7, 11) is 2.82. The zero-order valence-electron chi connectivity index (χ0n) is 17.9. The van der Waals surface area contributed by atoms with Gasteiger partial charge in [-0.15, -0.1) is 0 Å². The van der Waals surface area contributed by atoms with Crippen LogP contribution < -0.4 is 14.2 Å². The van der Waals surface area contributed by atoms with Crippen molar-refractivity contribution in [1.29, 1.82) is 0 Å². The summed E-state index contributed by atoms with van der Waals surface area (Å²) in [5.41, 5.74) is 0.976. The first kappa shape index (κ1) is 23.9. The summed E-state index contributed by atoms with van der Waals surface area (Å²) in [6.07, 6.45) is 0. The van der Waals surface area contributed by atoms with E-state index in [0.717, 1.165) is 4.47 Å². The second-order valence-electron chi connectivity index (χ2n) is 7.14. The molecule has 0 bridgehead atoms. The maximum atomic E-state index is 13.8. The quantitative estimate of drug-likeness (QED) is 0.389. The van der Waals surface area contributed by atoms with Crippen molar-refractivity contribution in [3.63, 3.8) is 0 Å². The lowest BCUT2D eigenvalue weighted by Gasteiger charge is -2.15. The molecule has 0 fully saturated rings. The minimum absolute atomic E-state index is 0.0328. The van der Waals surface area contributed by atoms with Gasteiger partial charge in [-0.05, 0) is 61.2 Å². The van der Waals surface area contributed by atoms with Crippen LogP contribution in [0.2, 0.25) is 0 Å².